The van der Waals surface area contributed by atoms with Crippen LogP contribution in [0.3, 0.4) is 0 Å². The van der Waals surface area contributed by atoms with Gasteiger partial charge in [-0.25, -0.2) is 19.7 Å². The Morgan fingerprint density at radius 3 is 2.56 bits per heavy atom. The highest BCUT2D eigenvalue weighted by Gasteiger charge is 2.48. The number of nitrogen functional groups attached to an aromatic ring is 1. The normalized spacial score (nSPS) is 29.0. The smallest absolute Gasteiger partial charge is 0.410 e. The van der Waals surface area contributed by atoms with E-state index in [9.17, 15) is 19.8 Å². The summed E-state index contributed by atoms with van der Waals surface area (Å²) in [5.41, 5.74) is 6.89. The molecule has 2 aliphatic heterocycles. The zero-order valence-corrected chi connectivity index (χ0v) is 19.8. The molecule has 0 spiro atoms. The second kappa shape index (κ2) is 9.12. The van der Waals surface area contributed by atoms with Gasteiger partial charge in [-0.3, -0.25) is 9.36 Å². The molecule has 0 aromatic carbocycles. The second-order valence-electron chi connectivity index (χ2n) is 10.3. The van der Waals surface area contributed by atoms with E-state index in [4.69, 9.17) is 15.2 Å². The molecule has 4 fully saturated rings. The molecule has 194 valence electrons. The number of hydrogen-bond acceptors (Lipinski definition) is 10. The lowest BCUT2D eigenvalue weighted by atomic mass is 9.93. The molecule has 2 saturated carbocycles. The van der Waals surface area contributed by atoms with Gasteiger partial charge in [-0.15, -0.1) is 0 Å². The third-order valence-corrected chi connectivity index (χ3v) is 7.33. The van der Waals surface area contributed by atoms with E-state index in [1.54, 1.807) is 4.90 Å². The molecule has 0 bridgehead atoms. The Bertz CT molecular complexity index is 1160. The maximum absolute atomic E-state index is 12.5. The molecule has 6 rings (SSSR count). The fourth-order valence-electron chi connectivity index (χ4n) is 4.86. The lowest BCUT2D eigenvalue weighted by Gasteiger charge is -2.31. The number of hydrogen-bond donors (Lipinski definition) is 4. The first-order chi connectivity index (χ1) is 17.4. The van der Waals surface area contributed by atoms with Gasteiger partial charge in [0.05, 0.1) is 6.33 Å². The summed E-state index contributed by atoms with van der Waals surface area (Å²) in [7, 11) is 0. The molecule has 36 heavy (non-hydrogen) atoms. The first-order valence-electron chi connectivity index (χ1n) is 12.6. The van der Waals surface area contributed by atoms with Crippen molar-refractivity contribution in [3.63, 3.8) is 0 Å². The van der Waals surface area contributed by atoms with Crippen LogP contribution in [-0.4, -0.2) is 90.2 Å². The first-order valence-corrected chi connectivity index (χ1v) is 12.6. The van der Waals surface area contributed by atoms with E-state index in [-0.39, 0.29) is 30.0 Å². The number of imidazole rings is 1. The van der Waals surface area contributed by atoms with Crippen LogP contribution in [0.5, 0.6) is 0 Å². The molecule has 2 aromatic heterocycles. The largest absolute Gasteiger partial charge is 0.446 e. The number of aromatic nitrogens is 4. The predicted octanol–water partition coefficient (Wildman–Crippen LogP) is -0.140. The number of fused-ring (bicyclic) bond motifs is 1. The number of ether oxygens (including phenoxy) is 2. The van der Waals surface area contributed by atoms with Crippen molar-refractivity contribution in [1.82, 2.24) is 29.7 Å². The third-order valence-electron chi connectivity index (χ3n) is 7.33. The maximum Gasteiger partial charge on any atom is 0.410 e. The molecule has 4 aliphatic rings. The fourth-order valence-corrected chi connectivity index (χ4v) is 4.86. The average molecular weight is 502 g/mol. The molecule has 2 aliphatic carbocycles. The predicted molar refractivity (Wildman–Crippen MR) is 124 cm³/mol. The van der Waals surface area contributed by atoms with Crippen molar-refractivity contribution >= 4 is 29.0 Å². The zero-order valence-electron chi connectivity index (χ0n) is 19.8. The van der Waals surface area contributed by atoms with E-state index >= 15 is 0 Å². The van der Waals surface area contributed by atoms with Crippen LogP contribution in [0.15, 0.2) is 6.33 Å². The molecule has 2 amide bonds. The van der Waals surface area contributed by atoms with Crippen LogP contribution in [0, 0.1) is 5.92 Å². The van der Waals surface area contributed by atoms with Gasteiger partial charge >= 0.3 is 6.09 Å². The molecule has 2 unspecified atom stereocenters. The molecule has 0 radical (unpaired) electrons. The Hall–Kier alpha value is -3.03. The molecule has 4 heterocycles. The topological polar surface area (TPSA) is 178 Å². The standard InChI is InChI=1S/C23H31N7O6/c24-19-15-20(28-14(27-19)9-11-5-7-29(8-6-11)23(34)35-13-3-4-13)30(10-25-15)22-17(32)16(31)18(36-22)21(33)26-12-1-2-12/h10-13,16-18,22,31-32H,1-9H2,(H,26,33)(H2,24,27,28)/t16?,17?,18-,22+/m0/s1. The Labute approximate surface area is 207 Å². The van der Waals surface area contributed by atoms with Crippen LogP contribution in [0.1, 0.15) is 50.6 Å². The monoisotopic (exact) mass is 501 g/mol. The highest BCUT2D eigenvalue weighted by atomic mass is 16.6. The van der Waals surface area contributed by atoms with E-state index in [1.807, 2.05) is 0 Å². The number of carbonyl (C=O) groups is 2. The van der Waals surface area contributed by atoms with Crippen LogP contribution in [0.4, 0.5) is 10.6 Å². The number of nitrogens with one attached hydrogen (secondary N) is 1. The summed E-state index contributed by atoms with van der Waals surface area (Å²) in [4.78, 5) is 39.8. The summed E-state index contributed by atoms with van der Waals surface area (Å²) in [6, 6.07) is 0.101. The van der Waals surface area contributed by atoms with Crippen molar-refractivity contribution in [2.24, 2.45) is 5.92 Å². The Balaban J connectivity index is 1.15. The summed E-state index contributed by atoms with van der Waals surface area (Å²) in [6.07, 6.45) is 2.17. The van der Waals surface area contributed by atoms with E-state index in [2.05, 4.69) is 20.3 Å². The highest BCUT2D eigenvalue weighted by molar-refractivity contribution is 5.83. The number of nitrogens with two attached hydrogens (primary N) is 1. The van der Waals surface area contributed by atoms with Crippen LogP contribution in [-0.2, 0) is 20.7 Å². The van der Waals surface area contributed by atoms with Crippen molar-refractivity contribution in [3.8, 4) is 0 Å². The van der Waals surface area contributed by atoms with Crippen molar-refractivity contribution in [2.75, 3.05) is 18.8 Å². The van der Waals surface area contributed by atoms with Crippen molar-refractivity contribution in [3.05, 3.63) is 12.2 Å². The lowest BCUT2D eigenvalue weighted by Crippen LogP contribution is -2.43. The maximum atomic E-state index is 12.5. The van der Waals surface area contributed by atoms with Crippen molar-refractivity contribution in [2.45, 2.75) is 81.6 Å². The minimum atomic E-state index is -1.39. The number of amides is 2. The van der Waals surface area contributed by atoms with Gasteiger partial charge in [-0.05, 0) is 44.4 Å². The summed E-state index contributed by atoms with van der Waals surface area (Å²) in [5, 5.41) is 23.9. The van der Waals surface area contributed by atoms with Crippen LogP contribution in [0.2, 0.25) is 0 Å². The minimum Gasteiger partial charge on any atom is -0.446 e. The van der Waals surface area contributed by atoms with Crippen LogP contribution < -0.4 is 11.1 Å². The number of rotatable bonds is 6. The third kappa shape index (κ3) is 4.58. The summed E-state index contributed by atoms with van der Waals surface area (Å²) < 4.78 is 12.7. The zero-order chi connectivity index (χ0) is 25.0. The number of aliphatic hydroxyl groups excluding tert-OH is 2. The molecule has 2 saturated heterocycles. The van der Waals surface area contributed by atoms with E-state index in [1.165, 1.54) is 10.9 Å². The number of aliphatic hydroxyl groups is 2. The van der Waals surface area contributed by atoms with Gasteiger partial charge in [0.2, 0.25) is 0 Å². The number of likely N-dealkylation sites (tertiary alicyclic amines) is 1. The lowest BCUT2D eigenvalue weighted by molar-refractivity contribution is -0.137. The molecule has 5 N–H and O–H groups in total. The highest BCUT2D eigenvalue weighted by Crippen LogP contribution is 2.33. The van der Waals surface area contributed by atoms with Crippen molar-refractivity contribution in [1.29, 1.82) is 0 Å². The van der Waals surface area contributed by atoms with E-state index < -0.39 is 30.4 Å². The van der Waals surface area contributed by atoms with Gasteiger partial charge in [-0.1, -0.05) is 0 Å². The number of nitrogens with zero attached hydrogens (tertiary/aromatic N) is 5. The van der Waals surface area contributed by atoms with Crippen LogP contribution in [0.25, 0.3) is 11.2 Å². The Morgan fingerprint density at radius 1 is 1.11 bits per heavy atom. The van der Waals surface area contributed by atoms with Gasteiger partial charge in [0.15, 0.2) is 23.8 Å². The molecule has 13 heteroatoms. The van der Waals surface area contributed by atoms with Crippen LogP contribution >= 0.6 is 0 Å². The average Bonchev–Trinajstić information content (AvgIpc) is 3.78. The number of piperidine rings is 1. The molecular formula is C23H31N7O6. The Morgan fingerprint density at radius 2 is 1.86 bits per heavy atom. The van der Waals surface area contributed by atoms with Crippen molar-refractivity contribution < 1.29 is 29.3 Å². The summed E-state index contributed by atoms with van der Waals surface area (Å²) in [6.45, 7) is 1.24. The minimum absolute atomic E-state index is 0.0921. The molecule has 4 atom stereocenters. The van der Waals surface area contributed by atoms with E-state index in [0.29, 0.717) is 36.5 Å². The summed E-state index contributed by atoms with van der Waals surface area (Å²) >= 11 is 0. The van der Waals surface area contributed by atoms with Gasteiger partial charge in [0, 0.05) is 25.6 Å². The molecule has 13 nitrogen and oxygen atoms in total. The summed E-state index contributed by atoms with van der Waals surface area (Å²) in [5.74, 6) is 0.555. The number of carbonyl (C=O) groups excluding carboxylic acids is 2. The molecule has 2 aromatic rings. The second-order valence-corrected chi connectivity index (χ2v) is 10.3. The fraction of sp³-hybridized carbons (Fsp3) is 0.696. The SMILES string of the molecule is Nc1nc(CC2CCN(C(=O)OC3CC3)CC2)nc2c1ncn2[C@@H]1O[C@H](C(=O)NC2CC2)C(O)C1O. The van der Waals surface area contributed by atoms with Gasteiger partial charge < -0.3 is 35.6 Å². The first kappa shape index (κ1) is 23.4. The number of anilines is 1. The van der Waals surface area contributed by atoms with Gasteiger partial charge in [0.25, 0.3) is 5.91 Å². The molecular weight excluding hydrogens is 470 g/mol. The van der Waals surface area contributed by atoms with Gasteiger partial charge in [0.1, 0.15) is 29.7 Å². The quantitative estimate of drug-likeness (QED) is 0.416. The Kier molecular flexibility index (Phi) is 5.92. The van der Waals surface area contributed by atoms with E-state index in [0.717, 1.165) is 38.5 Å². The van der Waals surface area contributed by atoms with Gasteiger partial charge in [-0.2, -0.15) is 0 Å².